The maximum atomic E-state index is 12.3. The quantitative estimate of drug-likeness (QED) is 0.758. The van der Waals surface area contributed by atoms with Crippen molar-refractivity contribution in [3.63, 3.8) is 0 Å². The van der Waals surface area contributed by atoms with Gasteiger partial charge in [0.1, 0.15) is 0 Å². The third-order valence-corrected chi connectivity index (χ3v) is 4.46. The Bertz CT molecular complexity index is 295. The van der Waals surface area contributed by atoms with Gasteiger partial charge in [-0.2, -0.15) is 0 Å². The lowest BCUT2D eigenvalue weighted by Crippen LogP contribution is -2.53. The number of ether oxygens (including phenoxy) is 1. The van der Waals surface area contributed by atoms with Crippen LogP contribution in [0, 0.1) is 11.3 Å². The summed E-state index contributed by atoms with van der Waals surface area (Å²) in [6, 6.07) is 0.141. The van der Waals surface area contributed by atoms with E-state index in [1.807, 2.05) is 6.92 Å². The smallest absolute Gasteiger partial charge is 0.230 e. The van der Waals surface area contributed by atoms with E-state index >= 15 is 0 Å². The molecular formula is C13H24N2O2. The fraction of sp³-hybridized carbons (Fsp3) is 0.923. The van der Waals surface area contributed by atoms with Crippen molar-refractivity contribution in [2.24, 2.45) is 17.1 Å². The fourth-order valence-corrected chi connectivity index (χ4v) is 2.79. The second kappa shape index (κ2) is 4.94. The molecule has 17 heavy (non-hydrogen) atoms. The Morgan fingerprint density at radius 3 is 2.71 bits per heavy atom. The first-order valence-electron chi connectivity index (χ1n) is 6.68. The molecule has 3 N–H and O–H groups in total. The van der Waals surface area contributed by atoms with E-state index in [1.165, 1.54) is 19.3 Å². The molecule has 1 heterocycles. The molecule has 0 bridgehead atoms. The molecular weight excluding hydrogens is 216 g/mol. The molecule has 1 saturated carbocycles. The number of rotatable bonds is 2. The summed E-state index contributed by atoms with van der Waals surface area (Å²) < 4.78 is 5.32. The monoisotopic (exact) mass is 240 g/mol. The molecule has 1 amide bonds. The van der Waals surface area contributed by atoms with E-state index in [-0.39, 0.29) is 11.9 Å². The summed E-state index contributed by atoms with van der Waals surface area (Å²) in [5, 5.41) is 3.18. The van der Waals surface area contributed by atoms with E-state index in [4.69, 9.17) is 10.5 Å². The number of amides is 1. The largest absolute Gasteiger partial charge is 0.379 e. The molecule has 0 aromatic rings. The molecule has 2 rings (SSSR count). The second-order valence-electron chi connectivity index (χ2n) is 5.88. The van der Waals surface area contributed by atoms with Crippen LogP contribution < -0.4 is 11.1 Å². The summed E-state index contributed by atoms with van der Waals surface area (Å²) in [5.41, 5.74) is 5.42. The number of carbonyl (C=O) groups excluding carboxylic acids is 1. The van der Waals surface area contributed by atoms with Crippen molar-refractivity contribution in [3.8, 4) is 0 Å². The molecule has 4 heteroatoms. The molecule has 1 aliphatic carbocycles. The van der Waals surface area contributed by atoms with Crippen LogP contribution in [0.3, 0.4) is 0 Å². The molecule has 1 saturated heterocycles. The zero-order chi connectivity index (χ0) is 12.5. The highest BCUT2D eigenvalue weighted by atomic mass is 16.5. The average Bonchev–Trinajstić information content (AvgIpc) is 2.64. The first kappa shape index (κ1) is 12.8. The van der Waals surface area contributed by atoms with E-state index in [9.17, 15) is 4.79 Å². The summed E-state index contributed by atoms with van der Waals surface area (Å²) in [7, 11) is 0. The molecule has 1 aliphatic heterocycles. The summed E-state index contributed by atoms with van der Waals surface area (Å²) in [4.78, 5) is 12.3. The zero-order valence-electron chi connectivity index (χ0n) is 10.9. The van der Waals surface area contributed by atoms with Gasteiger partial charge < -0.3 is 15.8 Å². The third kappa shape index (κ3) is 2.47. The minimum Gasteiger partial charge on any atom is -0.379 e. The van der Waals surface area contributed by atoms with Crippen LogP contribution in [0.4, 0.5) is 0 Å². The van der Waals surface area contributed by atoms with E-state index < -0.39 is 5.41 Å². The maximum absolute atomic E-state index is 12.3. The highest BCUT2D eigenvalue weighted by molar-refractivity contribution is 5.83. The lowest BCUT2D eigenvalue weighted by Gasteiger charge is -2.33. The van der Waals surface area contributed by atoms with Gasteiger partial charge in [0.2, 0.25) is 5.91 Å². The summed E-state index contributed by atoms with van der Waals surface area (Å²) in [5.74, 6) is 0.649. The van der Waals surface area contributed by atoms with Crippen LogP contribution in [0.25, 0.3) is 0 Å². The second-order valence-corrected chi connectivity index (χ2v) is 5.88. The first-order chi connectivity index (χ1) is 8.04. The Balaban J connectivity index is 1.96. The molecule has 2 fully saturated rings. The number of carbonyl (C=O) groups is 1. The lowest BCUT2D eigenvalue weighted by molar-refractivity contribution is -0.132. The number of hydrogen-bond donors (Lipinski definition) is 2. The van der Waals surface area contributed by atoms with Crippen molar-refractivity contribution in [3.05, 3.63) is 0 Å². The van der Waals surface area contributed by atoms with Crippen molar-refractivity contribution >= 4 is 5.91 Å². The minimum atomic E-state index is -0.544. The van der Waals surface area contributed by atoms with Gasteiger partial charge in [-0.15, -0.1) is 0 Å². The van der Waals surface area contributed by atoms with E-state index in [0.717, 1.165) is 6.42 Å². The molecule has 0 aromatic heterocycles. The van der Waals surface area contributed by atoms with Gasteiger partial charge in [-0.1, -0.05) is 19.8 Å². The predicted molar refractivity (Wildman–Crippen MR) is 66.5 cm³/mol. The Kier molecular flexibility index (Phi) is 3.73. The molecule has 0 spiro atoms. The van der Waals surface area contributed by atoms with E-state index in [1.54, 1.807) is 0 Å². The molecule has 2 aliphatic rings. The third-order valence-electron chi connectivity index (χ3n) is 4.46. The van der Waals surface area contributed by atoms with E-state index in [2.05, 4.69) is 12.2 Å². The van der Waals surface area contributed by atoms with Gasteiger partial charge in [0.15, 0.2) is 0 Å². The van der Waals surface area contributed by atoms with Crippen LogP contribution >= 0.6 is 0 Å². The minimum absolute atomic E-state index is 0.0706. The lowest BCUT2D eigenvalue weighted by atomic mass is 9.82. The Hall–Kier alpha value is -0.610. The number of nitrogens with one attached hydrogen (secondary N) is 1. The summed E-state index contributed by atoms with van der Waals surface area (Å²) in [6.45, 7) is 5.07. The average molecular weight is 240 g/mol. The van der Waals surface area contributed by atoms with Crippen LogP contribution in [-0.2, 0) is 9.53 Å². The Labute approximate surface area is 103 Å². The fourth-order valence-electron chi connectivity index (χ4n) is 2.79. The van der Waals surface area contributed by atoms with Gasteiger partial charge in [-0.3, -0.25) is 4.79 Å². The Morgan fingerprint density at radius 2 is 2.12 bits per heavy atom. The number of hydrogen-bond acceptors (Lipinski definition) is 3. The standard InChI is InChI=1S/C13H24N2O2/c1-9-5-3-4-6-10(9)15-12(16)13(2)8-17-7-11(13)14/h9-11H,3-8,14H2,1-2H3,(H,15,16). The van der Waals surface area contributed by atoms with Crippen LogP contribution in [0.2, 0.25) is 0 Å². The number of nitrogens with two attached hydrogens (primary N) is 1. The Morgan fingerprint density at radius 1 is 1.41 bits per heavy atom. The van der Waals surface area contributed by atoms with Gasteiger partial charge >= 0.3 is 0 Å². The molecule has 4 unspecified atom stereocenters. The SMILES string of the molecule is CC1CCCCC1NC(=O)C1(C)COCC1N. The van der Waals surface area contributed by atoms with Gasteiger partial charge in [0, 0.05) is 12.1 Å². The van der Waals surface area contributed by atoms with Crippen molar-refractivity contribution in [1.29, 1.82) is 0 Å². The molecule has 0 aromatic carbocycles. The summed E-state index contributed by atoms with van der Waals surface area (Å²) >= 11 is 0. The van der Waals surface area contributed by atoms with Gasteiger partial charge in [-0.25, -0.2) is 0 Å². The highest BCUT2D eigenvalue weighted by Gasteiger charge is 2.45. The predicted octanol–water partition coefficient (Wildman–Crippen LogP) is 1.05. The van der Waals surface area contributed by atoms with Gasteiger partial charge in [-0.05, 0) is 25.7 Å². The molecule has 0 radical (unpaired) electrons. The molecule has 4 atom stereocenters. The van der Waals surface area contributed by atoms with Gasteiger partial charge in [0.05, 0.1) is 18.6 Å². The van der Waals surface area contributed by atoms with Gasteiger partial charge in [0.25, 0.3) is 0 Å². The topological polar surface area (TPSA) is 64.3 Å². The highest BCUT2D eigenvalue weighted by Crippen LogP contribution is 2.29. The van der Waals surface area contributed by atoms with Crippen LogP contribution in [-0.4, -0.2) is 31.2 Å². The zero-order valence-corrected chi connectivity index (χ0v) is 10.9. The molecule has 98 valence electrons. The van der Waals surface area contributed by atoms with Crippen molar-refractivity contribution < 1.29 is 9.53 Å². The van der Waals surface area contributed by atoms with Crippen molar-refractivity contribution in [1.82, 2.24) is 5.32 Å². The first-order valence-corrected chi connectivity index (χ1v) is 6.68. The van der Waals surface area contributed by atoms with E-state index in [0.29, 0.717) is 25.2 Å². The summed E-state index contributed by atoms with van der Waals surface area (Å²) in [6.07, 6.45) is 4.81. The van der Waals surface area contributed by atoms with Crippen LogP contribution in [0.15, 0.2) is 0 Å². The van der Waals surface area contributed by atoms with Crippen LogP contribution in [0.5, 0.6) is 0 Å². The molecule has 4 nitrogen and oxygen atoms in total. The maximum Gasteiger partial charge on any atom is 0.230 e. The van der Waals surface area contributed by atoms with Crippen LogP contribution in [0.1, 0.15) is 39.5 Å². The van der Waals surface area contributed by atoms with Crippen molar-refractivity contribution in [2.75, 3.05) is 13.2 Å². The normalized spacial score (nSPS) is 42.4. The van der Waals surface area contributed by atoms with Crippen molar-refractivity contribution in [2.45, 2.75) is 51.6 Å².